The highest BCUT2D eigenvalue weighted by molar-refractivity contribution is 7.80. The Morgan fingerprint density at radius 2 is 1.62 bits per heavy atom. The molecule has 29 heavy (non-hydrogen) atoms. The molecule has 2 fully saturated rings. The summed E-state index contributed by atoms with van der Waals surface area (Å²) in [5, 5.41) is 3.02. The minimum absolute atomic E-state index is 0.103. The van der Waals surface area contributed by atoms with Crippen molar-refractivity contribution in [3.63, 3.8) is 0 Å². The number of nitrogens with one attached hydrogen (secondary N) is 1. The first-order valence-corrected chi connectivity index (χ1v) is 11.3. The molecule has 2 amide bonds. The van der Waals surface area contributed by atoms with Crippen molar-refractivity contribution in [2.75, 3.05) is 18.0 Å². The molecule has 0 aromatic heterocycles. The van der Waals surface area contributed by atoms with Crippen molar-refractivity contribution in [3.05, 3.63) is 34.4 Å². The number of carbonyl (C=O) groups excluding carboxylic acids is 2. The van der Waals surface area contributed by atoms with Crippen LogP contribution in [0.1, 0.15) is 61.6 Å². The summed E-state index contributed by atoms with van der Waals surface area (Å²) in [6.07, 6.45) is 11.5. The van der Waals surface area contributed by atoms with Crippen molar-refractivity contribution in [1.29, 1.82) is 0 Å². The van der Waals surface area contributed by atoms with Crippen molar-refractivity contribution < 1.29 is 9.59 Å². The molecule has 0 atom stereocenters. The van der Waals surface area contributed by atoms with Gasteiger partial charge < -0.3 is 4.90 Å². The zero-order valence-corrected chi connectivity index (χ0v) is 17.5. The van der Waals surface area contributed by atoms with Gasteiger partial charge in [0.2, 0.25) is 0 Å². The van der Waals surface area contributed by atoms with Crippen molar-refractivity contribution in [2.45, 2.75) is 63.8 Å². The predicted octanol–water partition coefficient (Wildman–Crippen LogP) is 3.34. The van der Waals surface area contributed by atoms with Crippen LogP contribution in [0.15, 0.2) is 17.7 Å². The predicted molar refractivity (Wildman–Crippen MR) is 118 cm³/mol. The van der Waals surface area contributed by atoms with Gasteiger partial charge in [0.1, 0.15) is 5.57 Å². The van der Waals surface area contributed by atoms with E-state index in [0.717, 1.165) is 70.0 Å². The lowest BCUT2D eigenvalue weighted by Crippen LogP contribution is -2.57. The third kappa shape index (κ3) is 3.37. The summed E-state index contributed by atoms with van der Waals surface area (Å²) in [5.74, 6) is -0.612. The van der Waals surface area contributed by atoms with Gasteiger partial charge in [-0.3, -0.25) is 19.8 Å². The third-order valence-electron chi connectivity index (χ3n) is 6.74. The molecule has 1 aromatic rings. The van der Waals surface area contributed by atoms with Crippen molar-refractivity contribution in [3.8, 4) is 0 Å². The number of nitrogens with zero attached hydrogens (tertiary/aromatic N) is 2. The Labute approximate surface area is 177 Å². The maximum atomic E-state index is 13.3. The van der Waals surface area contributed by atoms with Gasteiger partial charge in [0.15, 0.2) is 5.11 Å². The Bertz CT molecular complexity index is 886. The van der Waals surface area contributed by atoms with Crippen LogP contribution in [-0.2, 0) is 22.4 Å². The largest absolute Gasteiger partial charge is 0.371 e. The first-order valence-electron chi connectivity index (χ1n) is 10.9. The van der Waals surface area contributed by atoms with Crippen LogP contribution in [0.4, 0.5) is 5.69 Å². The second-order valence-corrected chi connectivity index (χ2v) is 9.05. The molecule has 1 aromatic carbocycles. The first-order chi connectivity index (χ1) is 14.1. The lowest BCUT2D eigenvalue weighted by Gasteiger charge is -2.38. The Morgan fingerprint density at radius 1 is 0.966 bits per heavy atom. The zero-order chi connectivity index (χ0) is 20.0. The summed E-state index contributed by atoms with van der Waals surface area (Å²) in [5.41, 5.74) is 5.26. The standard InChI is InChI=1S/C23H27N3O2S/c27-21-19(22(28)26(23(29)24-21)18-8-2-1-3-9-18)14-15-12-16-6-4-10-25-11-5-7-17(13-15)20(16)25/h12-14,18H,1-11H2,(H,24,27,29)/b19-14-. The number of rotatable bonds is 2. The van der Waals surface area contributed by atoms with E-state index >= 15 is 0 Å². The molecule has 0 bridgehead atoms. The van der Waals surface area contributed by atoms with Crippen LogP contribution in [0, 0.1) is 0 Å². The second-order valence-electron chi connectivity index (χ2n) is 8.67. The second kappa shape index (κ2) is 7.56. The van der Waals surface area contributed by atoms with E-state index in [1.165, 1.54) is 23.2 Å². The topological polar surface area (TPSA) is 52.7 Å². The molecular weight excluding hydrogens is 382 g/mol. The molecule has 1 saturated heterocycles. The average Bonchev–Trinajstić information content (AvgIpc) is 2.72. The molecule has 1 N–H and O–H groups in total. The van der Waals surface area contributed by atoms with Gasteiger partial charge in [-0.05, 0) is 85.6 Å². The number of hydrogen-bond acceptors (Lipinski definition) is 4. The minimum Gasteiger partial charge on any atom is -0.371 e. The van der Waals surface area contributed by atoms with Gasteiger partial charge >= 0.3 is 0 Å². The van der Waals surface area contributed by atoms with Crippen LogP contribution in [-0.4, -0.2) is 41.0 Å². The van der Waals surface area contributed by atoms with Gasteiger partial charge in [0, 0.05) is 24.8 Å². The molecule has 1 saturated carbocycles. The molecule has 4 aliphatic rings. The molecule has 6 heteroatoms. The van der Waals surface area contributed by atoms with Crippen LogP contribution in [0.25, 0.3) is 6.08 Å². The number of aryl methyl sites for hydroxylation is 2. The van der Waals surface area contributed by atoms with Gasteiger partial charge in [-0.1, -0.05) is 19.3 Å². The molecule has 1 aliphatic carbocycles. The molecule has 0 spiro atoms. The summed E-state index contributed by atoms with van der Waals surface area (Å²) in [7, 11) is 0. The van der Waals surface area contributed by atoms with Gasteiger partial charge in [0.05, 0.1) is 0 Å². The molecular formula is C23H27N3O2S. The van der Waals surface area contributed by atoms with Gasteiger partial charge in [-0.25, -0.2) is 0 Å². The van der Waals surface area contributed by atoms with Crippen LogP contribution >= 0.6 is 12.2 Å². The lowest BCUT2D eigenvalue weighted by molar-refractivity contribution is -0.130. The fraction of sp³-hybridized carbons (Fsp3) is 0.522. The SMILES string of the molecule is O=C1NC(=S)N(C2CCCCC2)C(=O)/C1=C\c1cc2c3c(c1)CCCN3CCC2. The number of amides is 2. The number of thiocarbonyl (C=S) groups is 1. The maximum absolute atomic E-state index is 13.3. The van der Waals surface area contributed by atoms with E-state index in [1.54, 1.807) is 11.0 Å². The normalized spacial score (nSPS) is 24.0. The Hall–Kier alpha value is -2.21. The van der Waals surface area contributed by atoms with E-state index in [1.807, 2.05) is 0 Å². The van der Waals surface area contributed by atoms with Crippen LogP contribution in [0.3, 0.4) is 0 Å². The summed E-state index contributed by atoms with van der Waals surface area (Å²) < 4.78 is 0. The zero-order valence-electron chi connectivity index (χ0n) is 16.7. The molecule has 5 nitrogen and oxygen atoms in total. The molecule has 5 rings (SSSR count). The fourth-order valence-electron chi connectivity index (χ4n) is 5.42. The highest BCUT2D eigenvalue weighted by Gasteiger charge is 2.38. The highest BCUT2D eigenvalue weighted by atomic mass is 32.1. The van der Waals surface area contributed by atoms with Gasteiger partial charge in [-0.2, -0.15) is 0 Å². The van der Waals surface area contributed by atoms with E-state index in [2.05, 4.69) is 22.3 Å². The van der Waals surface area contributed by atoms with E-state index in [9.17, 15) is 9.59 Å². The van der Waals surface area contributed by atoms with Crippen LogP contribution in [0.5, 0.6) is 0 Å². The highest BCUT2D eigenvalue weighted by Crippen LogP contribution is 2.36. The van der Waals surface area contributed by atoms with Crippen molar-refractivity contribution in [1.82, 2.24) is 10.2 Å². The van der Waals surface area contributed by atoms with Crippen LogP contribution < -0.4 is 10.2 Å². The summed E-state index contributed by atoms with van der Waals surface area (Å²) in [4.78, 5) is 30.0. The molecule has 3 heterocycles. The van der Waals surface area contributed by atoms with Crippen molar-refractivity contribution in [2.24, 2.45) is 0 Å². The first kappa shape index (κ1) is 18.8. The van der Waals surface area contributed by atoms with E-state index in [0.29, 0.717) is 0 Å². The smallest absolute Gasteiger partial charge is 0.265 e. The summed E-state index contributed by atoms with van der Waals surface area (Å²) in [6, 6.07) is 4.44. The lowest BCUT2D eigenvalue weighted by atomic mass is 9.89. The van der Waals surface area contributed by atoms with E-state index in [-0.39, 0.29) is 28.5 Å². The van der Waals surface area contributed by atoms with Crippen molar-refractivity contribution >= 4 is 40.9 Å². The Morgan fingerprint density at radius 3 is 2.28 bits per heavy atom. The van der Waals surface area contributed by atoms with E-state index in [4.69, 9.17) is 12.2 Å². The minimum atomic E-state index is -0.375. The summed E-state index contributed by atoms with van der Waals surface area (Å²) >= 11 is 5.36. The fourth-order valence-corrected chi connectivity index (χ4v) is 5.75. The van der Waals surface area contributed by atoms with Gasteiger partial charge in [-0.15, -0.1) is 0 Å². The maximum Gasteiger partial charge on any atom is 0.265 e. The molecule has 0 radical (unpaired) electrons. The Kier molecular flexibility index (Phi) is 4.90. The van der Waals surface area contributed by atoms with Crippen LogP contribution in [0.2, 0.25) is 0 Å². The van der Waals surface area contributed by atoms with Gasteiger partial charge in [0.25, 0.3) is 11.8 Å². The Balaban J connectivity index is 1.50. The average molecular weight is 410 g/mol. The number of carbonyl (C=O) groups is 2. The third-order valence-corrected chi connectivity index (χ3v) is 7.04. The number of benzene rings is 1. The monoisotopic (exact) mass is 409 g/mol. The quantitative estimate of drug-likeness (QED) is 0.462. The summed E-state index contributed by atoms with van der Waals surface area (Å²) in [6.45, 7) is 2.27. The number of hydrogen-bond donors (Lipinski definition) is 1. The van der Waals surface area contributed by atoms with E-state index < -0.39 is 0 Å². The molecule has 3 aliphatic heterocycles. The molecule has 152 valence electrons. The number of anilines is 1. The molecule has 0 unspecified atom stereocenters.